The predicted molar refractivity (Wildman–Crippen MR) is 67.6 cm³/mol. The molecule has 18 heavy (non-hydrogen) atoms. The van der Waals surface area contributed by atoms with Crippen molar-refractivity contribution in [2.75, 3.05) is 6.61 Å². The molecule has 1 aromatic heterocycles. The number of nitrogens with zero attached hydrogens (tertiary/aromatic N) is 1. The topological polar surface area (TPSA) is 62.6 Å². The first kappa shape index (κ1) is 12.4. The van der Waals surface area contributed by atoms with Gasteiger partial charge in [0, 0.05) is 6.20 Å². The number of hydrogen-bond acceptors (Lipinski definition) is 4. The molecule has 2 rings (SSSR count). The summed E-state index contributed by atoms with van der Waals surface area (Å²) >= 11 is 0. The van der Waals surface area contributed by atoms with Crippen molar-refractivity contribution in [3.05, 3.63) is 53.9 Å². The van der Waals surface area contributed by atoms with E-state index in [2.05, 4.69) is 4.98 Å². The standard InChI is InChI=1S/C14H15NO3/c1-2-18-13-9-10(6-7-12(13)16)14(17)11-5-3-4-8-15-11/h3-9,14,16-17H,2H2,1H3/t14-/m1/s1. The van der Waals surface area contributed by atoms with Gasteiger partial charge in [-0.2, -0.15) is 0 Å². The average Bonchev–Trinajstić information content (AvgIpc) is 2.42. The van der Waals surface area contributed by atoms with Crippen molar-refractivity contribution < 1.29 is 14.9 Å². The van der Waals surface area contributed by atoms with E-state index in [1.54, 1.807) is 30.5 Å². The van der Waals surface area contributed by atoms with Gasteiger partial charge in [-0.3, -0.25) is 4.98 Å². The van der Waals surface area contributed by atoms with Crippen LogP contribution in [0.5, 0.6) is 11.5 Å². The van der Waals surface area contributed by atoms with Gasteiger partial charge in [0.15, 0.2) is 11.5 Å². The Labute approximate surface area is 106 Å². The van der Waals surface area contributed by atoms with Crippen molar-refractivity contribution in [2.24, 2.45) is 0 Å². The highest BCUT2D eigenvalue weighted by molar-refractivity contribution is 5.43. The summed E-state index contributed by atoms with van der Waals surface area (Å²) in [7, 11) is 0. The molecule has 1 heterocycles. The van der Waals surface area contributed by atoms with Crippen molar-refractivity contribution in [1.29, 1.82) is 0 Å². The van der Waals surface area contributed by atoms with Gasteiger partial charge in [-0.25, -0.2) is 0 Å². The molecular weight excluding hydrogens is 230 g/mol. The molecule has 0 radical (unpaired) electrons. The number of ether oxygens (including phenoxy) is 1. The van der Waals surface area contributed by atoms with Gasteiger partial charge in [0.1, 0.15) is 6.10 Å². The Hall–Kier alpha value is -2.07. The van der Waals surface area contributed by atoms with Crippen molar-refractivity contribution in [3.63, 3.8) is 0 Å². The van der Waals surface area contributed by atoms with E-state index >= 15 is 0 Å². The smallest absolute Gasteiger partial charge is 0.161 e. The maximum atomic E-state index is 10.2. The second-order valence-corrected chi connectivity index (χ2v) is 3.82. The third-order valence-corrected chi connectivity index (χ3v) is 2.57. The van der Waals surface area contributed by atoms with E-state index in [1.165, 1.54) is 6.07 Å². The van der Waals surface area contributed by atoms with Crippen LogP contribution in [0.2, 0.25) is 0 Å². The van der Waals surface area contributed by atoms with Crippen molar-refractivity contribution in [3.8, 4) is 11.5 Å². The molecule has 0 amide bonds. The number of aromatic hydroxyl groups is 1. The maximum Gasteiger partial charge on any atom is 0.161 e. The first-order chi connectivity index (χ1) is 8.72. The Morgan fingerprint density at radius 2 is 2.11 bits per heavy atom. The van der Waals surface area contributed by atoms with Gasteiger partial charge in [0.25, 0.3) is 0 Å². The van der Waals surface area contributed by atoms with Crippen LogP contribution < -0.4 is 4.74 Å². The summed E-state index contributed by atoms with van der Waals surface area (Å²) in [4.78, 5) is 4.10. The molecule has 2 N–H and O–H groups in total. The molecular formula is C14H15NO3. The van der Waals surface area contributed by atoms with E-state index in [1.807, 2.05) is 13.0 Å². The Morgan fingerprint density at radius 3 is 2.78 bits per heavy atom. The van der Waals surface area contributed by atoms with Crippen LogP contribution in [0.15, 0.2) is 42.6 Å². The fourth-order valence-corrected chi connectivity index (χ4v) is 1.68. The molecule has 0 aliphatic heterocycles. The van der Waals surface area contributed by atoms with Gasteiger partial charge >= 0.3 is 0 Å². The molecule has 0 bridgehead atoms. The molecule has 0 spiro atoms. The summed E-state index contributed by atoms with van der Waals surface area (Å²) in [6, 6.07) is 10.1. The fraction of sp³-hybridized carbons (Fsp3) is 0.214. The first-order valence-corrected chi connectivity index (χ1v) is 5.77. The summed E-state index contributed by atoms with van der Waals surface area (Å²) in [6.45, 7) is 2.29. The number of aliphatic hydroxyl groups is 1. The van der Waals surface area contributed by atoms with Gasteiger partial charge in [0.2, 0.25) is 0 Å². The Bertz CT molecular complexity index is 514. The monoisotopic (exact) mass is 245 g/mol. The number of pyridine rings is 1. The van der Waals surface area contributed by atoms with Gasteiger partial charge in [-0.05, 0) is 36.8 Å². The number of phenolic OH excluding ortho intramolecular Hbond substituents is 1. The van der Waals surface area contributed by atoms with Crippen LogP contribution in [0.25, 0.3) is 0 Å². The van der Waals surface area contributed by atoms with Gasteiger partial charge in [0.05, 0.1) is 12.3 Å². The van der Waals surface area contributed by atoms with Crippen molar-refractivity contribution in [2.45, 2.75) is 13.0 Å². The van der Waals surface area contributed by atoms with E-state index < -0.39 is 6.10 Å². The van der Waals surface area contributed by atoms with E-state index in [4.69, 9.17) is 4.74 Å². The maximum absolute atomic E-state index is 10.2. The number of benzene rings is 1. The molecule has 0 unspecified atom stereocenters. The van der Waals surface area contributed by atoms with Crippen LogP contribution >= 0.6 is 0 Å². The SMILES string of the molecule is CCOc1cc([C@@H](O)c2ccccn2)ccc1O. The minimum absolute atomic E-state index is 0.0637. The highest BCUT2D eigenvalue weighted by Crippen LogP contribution is 2.31. The lowest BCUT2D eigenvalue weighted by Crippen LogP contribution is -2.02. The van der Waals surface area contributed by atoms with E-state index in [9.17, 15) is 10.2 Å². The Morgan fingerprint density at radius 1 is 1.28 bits per heavy atom. The number of aromatic nitrogens is 1. The highest BCUT2D eigenvalue weighted by atomic mass is 16.5. The highest BCUT2D eigenvalue weighted by Gasteiger charge is 2.13. The lowest BCUT2D eigenvalue weighted by Gasteiger charge is -2.13. The minimum Gasteiger partial charge on any atom is -0.504 e. The molecule has 4 nitrogen and oxygen atoms in total. The number of aliphatic hydroxyl groups excluding tert-OH is 1. The molecule has 1 aromatic carbocycles. The second-order valence-electron chi connectivity index (χ2n) is 3.82. The predicted octanol–water partition coefficient (Wildman–Crippen LogP) is 2.27. The summed E-state index contributed by atoms with van der Waals surface area (Å²) in [5, 5.41) is 19.8. The van der Waals surface area contributed by atoms with Crippen LogP contribution in [0.1, 0.15) is 24.3 Å². The normalized spacial score (nSPS) is 12.1. The zero-order valence-electron chi connectivity index (χ0n) is 10.1. The Kier molecular flexibility index (Phi) is 3.79. The molecule has 0 aliphatic carbocycles. The van der Waals surface area contributed by atoms with E-state index in [0.717, 1.165) is 0 Å². The molecule has 0 saturated carbocycles. The summed E-state index contributed by atoms with van der Waals surface area (Å²) in [5.41, 5.74) is 1.19. The lowest BCUT2D eigenvalue weighted by molar-refractivity contribution is 0.214. The third kappa shape index (κ3) is 2.60. The molecule has 0 aliphatic rings. The van der Waals surface area contributed by atoms with Crippen LogP contribution in [0.4, 0.5) is 0 Å². The summed E-state index contributed by atoms with van der Waals surface area (Å²) in [5.74, 6) is 0.429. The zero-order valence-corrected chi connectivity index (χ0v) is 10.1. The van der Waals surface area contributed by atoms with Gasteiger partial charge in [-0.1, -0.05) is 12.1 Å². The van der Waals surface area contributed by atoms with Crippen molar-refractivity contribution >= 4 is 0 Å². The largest absolute Gasteiger partial charge is 0.504 e. The number of hydrogen-bond donors (Lipinski definition) is 2. The summed E-state index contributed by atoms with van der Waals surface area (Å²) in [6.07, 6.45) is 0.800. The van der Waals surface area contributed by atoms with E-state index in [-0.39, 0.29) is 5.75 Å². The Balaban J connectivity index is 2.31. The second kappa shape index (κ2) is 5.51. The summed E-state index contributed by atoms with van der Waals surface area (Å²) < 4.78 is 5.28. The van der Waals surface area contributed by atoms with Crippen LogP contribution in [0.3, 0.4) is 0 Å². The van der Waals surface area contributed by atoms with Crippen LogP contribution in [-0.2, 0) is 0 Å². The van der Waals surface area contributed by atoms with Gasteiger partial charge in [-0.15, -0.1) is 0 Å². The van der Waals surface area contributed by atoms with Gasteiger partial charge < -0.3 is 14.9 Å². The first-order valence-electron chi connectivity index (χ1n) is 5.77. The molecule has 2 aromatic rings. The number of rotatable bonds is 4. The number of phenols is 1. The zero-order chi connectivity index (χ0) is 13.0. The minimum atomic E-state index is -0.828. The fourth-order valence-electron chi connectivity index (χ4n) is 1.68. The van der Waals surface area contributed by atoms with Crippen LogP contribution in [0, 0.1) is 0 Å². The van der Waals surface area contributed by atoms with E-state index in [0.29, 0.717) is 23.6 Å². The molecule has 1 atom stereocenters. The quantitative estimate of drug-likeness (QED) is 0.867. The molecule has 0 saturated heterocycles. The third-order valence-electron chi connectivity index (χ3n) is 2.57. The molecule has 94 valence electrons. The van der Waals surface area contributed by atoms with Crippen molar-refractivity contribution in [1.82, 2.24) is 4.98 Å². The molecule has 4 heteroatoms. The lowest BCUT2D eigenvalue weighted by atomic mass is 10.1. The molecule has 0 fully saturated rings. The average molecular weight is 245 g/mol. The van der Waals surface area contributed by atoms with Crippen LogP contribution in [-0.4, -0.2) is 21.8 Å².